The topological polar surface area (TPSA) is 114 Å². The Morgan fingerprint density at radius 2 is 1.92 bits per heavy atom. The highest BCUT2D eigenvalue weighted by molar-refractivity contribution is 7.89. The second-order valence-corrected chi connectivity index (χ2v) is 13.7. The van der Waals surface area contributed by atoms with Gasteiger partial charge in [-0.15, -0.1) is 11.3 Å². The lowest BCUT2D eigenvalue weighted by Gasteiger charge is -2.23. The van der Waals surface area contributed by atoms with E-state index < -0.39 is 27.8 Å². The molecule has 0 radical (unpaired) electrons. The maximum atomic E-state index is 13.2. The smallest absolute Gasteiger partial charge is 0.415 e. The molecule has 1 aromatic heterocycles. The molecule has 3 heterocycles. The van der Waals surface area contributed by atoms with Crippen LogP contribution in [-0.4, -0.2) is 51.3 Å². The lowest BCUT2D eigenvalue weighted by Crippen LogP contribution is -2.42. The minimum Gasteiger partial charge on any atom is -0.491 e. The SMILES string of the molecule is CC(C)(C)NS(=O)(=O)c1ccccc1-c1ccc2c(c1)OCC[C@H]1[C@H](CNC(=O)c3ccc(Cl)s3)OC(=O)N21. The molecule has 0 aliphatic carbocycles. The van der Waals surface area contributed by atoms with Gasteiger partial charge in [0, 0.05) is 17.5 Å². The molecule has 2 aliphatic heterocycles. The van der Waals surface area contributed by atoms with Crippen LogP contribution in [0.15, 0.2) is 59.5 Å². The minimum absolute atomic E-state index is 0.140. The summed E-state index contributed by atoms with van der Waals surface area (Å²) in [5, 5.41) is 2.82. The molecule has 0 spiro atoms. The minimum atomic E-state index is -3.80. The molecule has 0 bridgehead atoms. The van der Waals surface area contributed by atoms with Gasteiger partial charge in [-0.2, -0.15) is 0 Å². The zero-order chi connectivity index (χ0) is 27.9. The highest BCUT2D eigenvalue weighted by Crippen LogP contribution is 2.41. The predicted octanol–water partition coefficient (Wildman–Crippen LogP) is 5.05. The van der Waals surface area contributed by atoms with Crippen molar-refractivity contribution in [2.45, 2.75) is 49.8 Å². The first-order valence-corrected chi connectivity index (χ1v) is 15.0. The molecule has 12 heteroatoms. The number of cyclic esters (lactones) is 1. The lowest BCUT2D eigenvalue weighted by atomic mass is 10.0. The van der Waals surface area contributed by atoms with E-state index >= 15 is 0 Å². The Morgan fingerprint density at radius 1 is 1.15 bits per heavy atom. The fourth-order valence-corrected chi connectivity index (χ4v) is 7.35. The van der Waals surface area contributed by atoms with Crippen molar-refractivity contribution in [1.29, 1.82) is 0 Å². The summed E-state index contributed by atoms with van der Waals surface area (Å²) in [6, 6.07) is 14.9. The van der Waals surface area contributed by atoms with Crippen LogP contribution in [0.1, 0.15) is 36.9 Å². The summed E-state index contributed by atoms with van der Waals surface area (Å²) in [4.78, 5) is 27.6. The second-order valence-electron chi connectivity index (χ2n) is 10.3. The van der Waals surface area contributed by atoms with Crippen molar-refractivity contribution in [2.75, 3.05) is 18.1 Å². The Balaban J connectivity index is 1.40. The summed E-state index contributed by atoms with van der Waals surface area (Å²) >= 11 is 7.10. The zero-order valence-electron chi connectivity index (χ0n) is 21.6. The average molecular weight is 590 g/mol. The van der Waals surface area contributed by atoms with Crippen LogP contribution in [0.2, 0.25) is 4.34 Å². The van der Waals surface area contributed by atoms with Crippen LogP contribution in [0, 0.1) is 0 Å². The Morgan fingerprint density at radius 3 is 2.64 bits per heavy atom. The molecule has 9 nitrogen and oxygen atoms in total. The van der Waals surface area contributed by atoms with E-state index in [4.69, 9.17) is 21.1 Å². The van der Waals surface area contributed by atoms with Crippen molar-refractivity contribution >= 4 is 50.6 Å². The van der Waals surface area contributed by atoms with E-state index in [1.54, 1.807) is 80.3 Å². The van der Waals surface area contributed by atoms with Gasteiger partial charge in [-0.3, -0.25) is 9.69 Å². The van der Waals surface area contributed by atoms with Crippen LogP contribution in [0.3, 0.4) is 0 Å². The van der Waals surface area contributed by atoms with Crippen molar-refractivity contribution in [3.8, 4) is 16.9 Å². The Labute approximate surface area is 236 Å². The third-order valence-corrected chi connectivity index (χ3v) is 9.34. The number of anilines is 1. The van der Waals surface area contributed by atoms with Crippen molar-refractivity contribution in [3.63, 3.8) is 0 Å². The van der Waals surface area contributed by atoms with Gasteiger partial charge in [0.25, 0.3) is 5.91 Å². The van der Waals surface area contributed by atoms with Gasteiger partial charge in [-0.1, -0.05) is 35.9 Å². The van der Waals surface area contributed by atoms with Crippen LogP contribution in [0.4, 0.5) is 10.5 Å². The Bertz CT molecular complexity index is 1530. The highest BCUT2D eigenvalue weighted by Gasteiger charge is 2.45. The van der Waals surface area contributed by atoms with E-state index in [0.717, 1.165) is 0 Å². The van der Waals surface area contributed by atoms with Gasteiger partial charge in [0.15, 0.2) is 0 Å². The van der Waals surface area contributed by atoms with Crippen LogP contribution >= 0.6 is 22.9 Å². The lowest BCUT2D eigenvalue weighted by molar-refractivity contribution is 0.0901. The molecule has 39 heavy (non-hydrogen) atoms. The van der Waals surface area contributed by atoms with E-state index in [0.29, 0.717) is 44.8 Å². The number of thiophene rings is 1. The fourth-order valence-electron chi connectivity index (χ4n) is 4.74. The first-order valence-electron chi connectivity index (χ1n) is 12.4. The van der Waals surface area contributed by atoms with E-state index in [-0.39, 0.29) is 23.4 Å². The highest BCUT2D eigenvalue weighted by atomic mass is 35.5. The van der Waals surface area contributed by atoms with Crippen LogP contribution < -0.4 is 19.7 Å². The van der Waals surface area contributed by atoms with E-state index in [1.807, 2.05) is 0 Å². The second kappa shape index (κ2) is 10.5. The van der Waals surface area contributed by atoms with Gasteiger partial charge in [0.05, 0.1) is 39.0 Å². The molecule has 2 N–H and O–H groups in total. The summed E-state index contributed by atoms with van der Waals surface area (Å²) < 4.78 is 41.2. The molecule has 3 aromatic rings. The number of rotatable bonds is 6. The standard InChI is InChI=1S/C27H28ClN3O6S2/c1-27(2,3)30-39(34,35)23-7-5-4-6-17(23)16-8-9-18-20(14-16)36-13-12-19-21(37-26(33)31(18)19)15-29-25(32)22-10-11-24(28)38-22/h4-11,14,19,21,30H,12-13,15H2,1-3H3,(H,29,32)/t19-,21-/m0/s1. The van der Waals surface area contributed by atoms with Gasteiger partial charge >= 0.3 is 6.09 Å². The maximum Gasteiger partial charge on any atom is 0.415 e. The third kappa shape index (κ3) is 5.76. The summed E-state index contributed by atoms with van der Waals surface area (Å²) in [6.07, 6.45) is -0.613. The quantitative estimate of drug-likeness (QED) is 0.416. The molecule has 0 saturated carbocycles. The molecule has 2 aromatic carbocycles. The monoisotopic (exact) mass is 589 g/mol. The molecule has 1 saturated heterocycles. The summed E-state index contributed by atoms with van der Waals surface area (Å²) in [5.41, 5.74) is 1.02. The number of nitrogens with zero attached hydrogens (tertiary/aromatic N) is 1. The van der Waals surface area contributed by atoms with Crippen molar-refractivity contribution in [1.82, 2.24) is 10.0 Å². The van der Waals surface area contributed by atoms with Gasteiger partial charge in [0.2, 0.25) is 10.0 Å². The maximum absolute atomic E-state index is 13.2. The number of benzene rings is 2. The first-order chi connectivity index (χ1) is 18.4. The average Bonchev–Trinajstić information content (AvgIpc) is 3.37. The number of carbonyl (C=O) groups excluding carboxylic acids is 2. The number of fused-ring (bicyclic) bond motifs is 3. The Kier molecular flexibility index (Phi) is 7.36. The summed E-state index contributed by atoms with van der Waals surface area (Å²) in [6.45, 7) is 5.80. The first kappa shape index (κ1) is 27.4. The number of hydrogen-bond acceptors (Lipinski definition) is 7. The van der Waals surface area contributed by atoms with Gasteiger partial charge in [0.1, 0.15) is 11.9 Å². The van der Waals surface area contributed by atoms with Gasteiger partial charge in [-0.05, 0) is 56.7 Å². The number of amides is 2. The van der Waals surface area contributed by atoms with Crippen LogP contribution in [0.5, 0.6) is 5.75 Å². The number of hydrogen-bond donors (Lipinski definition) is 2. The molecule has 0 unspecified atom stereocenters. The molecule has 2 aliphatic rings. The molecule has 2 amide bonds. The van der Waals surface area contributed by atoms with E-state index in [9.17, 15) is 18.0 Å². The fraction of sp³-hybridized carbons (Fsp3) is 0.333. The van der Waals surface area contributed by atoms with E-state index in [2.05, 4.69) is 10.0 Å². The van der Waals surface area contributed by atoms with E-state index in [1.165, 1.54) is 11.3 Å². The van der Waals surface area contributed by atoms with Gasteiger partial charge < -0.3 is 14.8 Å². The number of sulfonamides is 1. The number of ether oxygens (including phenoxy) is 2. The molecule has 2 atom stereocenters. The molecular weight excluding hydrogens is 562 g/mol. The molecule has 5 rings (SSSR count). The summed E-state index contributed by atoms with van der Waals surface area (Å²) in [5.74, 6) is 0.159. The largest absolute Gasteiger partial charge is 0.491 e. The molecule has 1 fully saturated rings. The molecule has 206 valence electrons. The van der Waals surface area contributed by atoms with Crippen molar-refractivity contribution < 1.29 is 27.5 Å². The Hall–Kier alpha value is -3.12. The number of carbonyl (C=O) groups is 2. The summed E-state index contributed by atoms with van der Waals surface area (Å²) in [7, 11) is -3.80. The third-order valence-electron chi connectivity index (χ3n) is 6.29. The predicted molar refractivity (Wildman–Crippen MR) is 150 cm³/mol. The van der Waals surface area contributed by atoms with Crippen molar-refractivity contribution in [3.05, 3.63) is 63.8 Å². The normalized spacial score (nSPS) is 19.0. The van der Waals surface area contributed by atoms with Gasteiger partial charge in [-0.25, -0.2) is 17.9 Å². The number of halogens is 1. The molecular formula is C27H28ClN3O6S2. The van der Waals surface area contributed by atoms with Crippen LogP contribution in [-0.2, 0) is 14.8 Å². The van der Waals surface area contributed by atoms with Crippen molar-refractivity contribution in [2.24, 2.45) is 0 Å². The zero-order valence-corrected chi connectivity index (χ0v) is 24.0. The van der Waals surface area contributed by atoms with Crippen LogP contribution in [0.25, 0.3) is 11.1 Å². The number of nitrogens with one attached hydrogen (secondary N) is 2.